The van der Waals surface area contributed by atoms with Gasteiger partial charge in [0.05, 0.1) is 6.04 Å². The first-order chi connectivity index (χ1) is 10.1. The third-order valence-corrected chi connectivity index (χ3v) is 3.76. The van der Waals surface area contributed by atoms with Crippen molar-refractivity contribution in [3.63, 3.8) is 0 Å². The highest BCUT2D eigenvalue weighted by atomic mass is 16.1. The molecule has 0 bridgehead atoms. The van der Waals surface area contributed by atoms with E-state index >= 15 is 0 Å². The molecule has 1 aromatic carbocycles. The summed E-state index contributed by atoms with van der Waals surface area (Å²) in [6.45, 7) is 12.3. The Morgan fingerprint density at radius 2 is 1.77 bits per heavy atom. The minimum atomic E-state index is -0.352. The maximum atomic E-state index is 12.8. The van der Waals surface area contributed by atoms with Crippen LogP contribution in [-0.2, 0) is 11.2 Å². The second-order valence-electron chi connectivity index (χ2n) is 8.12. The van der Waals surface area contributed by atoms with Gasteiger partial charge in [0.1, 0.15) is 0 Å². The van der Waals surface area contributed by atoms with E-state index in [1.807, 2.05) is 39.1 Å². The summed E-state index contributed by atoms with van der Waals surface area (Å²) in [5, 5.41) is 4.70. The molecule has 2 rings (SSSR count). The van der Waals surface area contributed by atoms with E-state index in [1.54, 1.807) is 0 Å². The second kappa shape index (κ2) is 5.88. The van der Waals surface area contributed by atoms with E-state index in [0.29, 0.717) is 6.42 Å². The molecule has 0 aliphatic carbocycles. The number of hydrogen-bond acceptors (Lipinski definition) is 2. The molecule has 0 saturated heterocycles. The highest BCUT2D eigenvalue weighted by molar-refractivity contribution is 5.90. The molecule has 3 heteroatoms. The number of hydrogen-bond donors (Lipinski definition) is 2. The minimum Gasteiger partial charge on any atom is -0.361 e. The van der Waals surface area contributed by atoms with Crippen molar-refractivity contribution in [1.82, 2.24) is 10.3 Å². The Balaban J connectivity index is 2.32. The summed E-state index contributed by atoms with van der Waals surface area (Å²) in [4.78, 5) is 16.1. The number of aromatic nitrogens is 1. The normalized spacial score (nSPS) is 14.3. The molecule has 0 aliphatic rings. The molecule has 0 amide bonds. The number of fused-ring (bicyclic) bond motifs is 1. The predicted molar refractivity (Wildman–Crippen MR) is 93.1 cm³/mol. The van der Waals surface area contributed by atoms with Gasteiger partial charge in [-0.2, -0.15) is 0 Å². The van der Waals surface area contributed by atoms with Gasteiger partial charge in [-0.15, -0.1) is 0 Å². The average molecular weight is 300 g/mol. The lowest BCUT2D eigenvalue weighted by molar-refractivity contribution is -0.128. The van der Waals surface area contributed by atoms with Gasteiger partial charge < -0.3 is 10.3 Å². The van der Waals surface area contributed by atoms with E-state index in [1.165, 1.54) is 10.9 Å². The zero-order chi connectivity index (χ0) is 16.5. The van der Waals surface area contributed by atoms with Crippen molar-refractivity contribution in [2.24, 2.45) is 5.41 Å². The number of rotatable bonds is 4. The van der Waals surface area contributed by atoms with Crippen molar-refractivity contribution in [2.45, 2.75) is 59.5 Å². The minimum absolute atomic E-state index is 0.0995. The fraction of sp³-hybridized carbons (Fsp3) is 0.526. The molecule has 0 spiro atoms. The van der Waals surface area contributed by atoms with E-state index in [9.17, 15) is 4.79 Å². The van der Waals surface area contributed by atoms with Gasteiger partial charge in [-0.3, -0.25) is 4.79 Å². The van der Waals surface area contributed by atoms with Crippen molar-refractivity contribution in [3.8, 4) is 0 Å². The van der Waals surface area contributed by atoms with Crippen molar-refractivity contribution in [2.75, 3.05) is 0 Å². The number of carbonyl (C=O) groups is 1. The summed E-state index contributed by atoms with van der Waals surface area (Å²) >= 11 is 0. The average Bonchev–Trinajstić information content (AvgIpc) is 2.78. The molecule has 0 radical (unpaired) electrons. The number of para-hydroxylation sites is 1. The Morgan fingerprint density at radius 1 is 1.14 bits per heavy atom. The van der Waals surface area contributed by atoms with Crippen LogP contribution in [0.3, 0.4) is 0 Å². The van der Waals surface area contributed by atoms with Crippen molar-refractivity contribution in [3.05, 3.63) is 36.0 Å². The molecule has 1 aromatic heterocycles. The van der Waals surface area contributed by atoms with Gasteiger partial charge in [-0.1, -0.05) is 39.0 Å². The number of nitrogens with one attached hydrogen (secondary N) is 2. The lowest BCUT2D eigenvalue weighted by Gasteiger charge is -2.31. The SMILES string of the molecule is CC(C)(C)NC(Cc1c[nH]c2ccccc12)C(=O)C(C)(C)C. The van der Waals surface area contributed by atoms with Crippen LogP contribution < -0.4 is 5.32 Å². The van der Waals surface area contributed by atoms with Crippen molar-refractivity contribution < 1.29 is 4.79 Å². The predicted octanol–water partition coefficient (Wildman–Crippen LogP) is 4.08. The zero-order valence-electron chi connectivity index (χ0n) is 14.6. The van der Waals surface area contributed by atoms with Crippen LogP contribution in [0.4, 0.5) is 0 Å². The van der Waals surface area contributed by atoms with Gasteiger partial charge in [-0.05, 0) is 38.8 Å². The van der Waals surface area contributed by atoms with Gasteiger partial charge >= 0.3 is 0 Å². The molecule has 0 saturated carbocycles. The fourth-order valence-corrected chi connectivity index (χ4v) is 2.78. The Bertz CT molecular complexity index is 656. The van der Waals surface area contributed by atoms with Crippen LogP contribution in [0.25, 0.3) is 10.9 Å². The van der Waals surface area contributed by atoms with Crippen LogP contribution in [-0.4, -0.2) is 22.3 Å². The lowest BCUT2D eigenvalue weighted by atomic mass is 9.83. The monoisotopic (exact) mass is 300 g/mol. The second-order valence-corrected chi connectivity index (χ2v) is 8.12. The van der Waals surface area contributed by atoms with Crippen LogP contribution in [0, 0.1) is 5.41 Å². The molecule has 1 heterocycles. The van der Waals surface area contributed by atoms with E-state index < -0.39 is 0 Å². The zero-order valence-corrected chi connectivity index (χ0v) is 14.6. The Hall–Kier alpha value is -1.61. The summed E-state index contributed by atoms with van der Waals surface area (Å²) in [7, 11) is 0. The summed E-state index contributed by atoms with van der Waals surface area (Å²) in [6, 6.07) is 8.05. The first kappa shape index (κ1) is 16.8. The maximum absolute atomic E-state index is 12.8. The molecule has 0 aliphatic heterocycles. The van der Waals surface area contributed by atoms with Crippen molar-refractivity contribution in [1.29, 1.82) is 0 Å². The summed E-state index contributed by atoms with van der Waals surface area (Å²) in [5.41, 5.74) is 1.86. The number of benzene rings is 1. The fourth-order valence-electron chi connectivity index (χ4n) is 2.78. The van der Waals surface area contributed by atoms with Crippen LogP contribution >= 0.6 is 0 Å². The standard InChI is InChI=1S/C19H28N2O/c1-18(2,3)17(22)16(21-19(4,5)6)11-13-12-20-15-10-8-7-9-14(13)15/h7-10,12,16,20-21H,11H2,1-6H3. The summed E-state index contributed by atoms with van der Waals surface area (Å²) in [6.07, 6.45) is 2.73. The van der Waals surface area contributed by atoms with Gasteiger partial charge in [0, 0.05) is 28.1 Å². The Morgan fingerprint density at radius 3 is 2.36 bits per heavy atom. The molecule has 2 aromatic rings. The quantitative estimate of drug-likeness (QED) is 0.893. The highest BCUT2D eigenvalue weighted by Crippen LogP contribution is 2.24. The third-order valence-electron chi connectivity index (χ3n) is 3.76. The highest BCUT2D eigenvalue weighted by Gasteiger charge is 2.32. The van der Waals surface area contributed by atoms with Gasteiger partial charge in [-0.25, -0.2) is 0 Å². The molecule has 2 N–H and O–H groups in total. The van der Waals surface area contributed by atoms with E-state index in [2.05, 4.69) is 43.2 Å². The first-order valence-corrected chi connectivity index (χ1v) is 7.95. The molecular formula is C19H28N2O. The Kier molecular flexibility index (Phi) is 4.48. The number of Topliss-reactive ketones (excluding diaryl/α,β-unsaturated/α-hetero) is 1. The molecule has 3 nitrogen and oxygen atoms in total. The van der Waals surface area contributed by atoms with Gasteiger partial charge in [0.25, 0.3) is 0 Å². The lowest BCUT2D eigenvalue weighted by Crippen LogP contribution is -2.51. The number of aromatic amines is 1. The number of carbonyl (C=O) groups excluding carboxylic acids is 1. The summed E-state index contributed by atoms with van der Waals surface area (Å²) in [5.74, 6) is 0.257. The Labute approximate surface area is 133 Å². The number of ketones is 1. The van der Waals surface area contributed by atoms with Crippen LogP contribution in [0.5, 0.6) is 0 Å². The smallest absolute Gasteiger partial charge is 0.155 e. The number of H-pyrrole nitrogens is 1. The first-order valence-electron chi connectivity index (χ1n) is 7.95. The van der Waals surface area contributed by atoms with Gasteiger partial charge in [0.15, 0.2) is 5.78 Å². The molecule has 120 valence electrons. The van der Waals surface area contributed by atoms with E-state index in [4.69, 9.17) is 0 Å². The topological polar surface area (TPSA) is 44.9 Å². The molecule has 1 atom stereocenters. The molecule has 1 unspecified atom stereocenters. The largest absolute Gasteiger partial charge is 0.361 e. The van der Waals surface area contributed by atoms with Crippen LogP contribution in [0.2, 0.25) is 0 Å². The third kappa shape index (κ3) is 3.98. The molecular weight excluding hydrogens is 272 g/mol. The van der Waals surface area contributed by atoms with E-state index in [-0.39, 0.29) is 22.8 Å². The molecule has 0 fully saturated rings. The van der Waals surface area contributed by atoms with Gasteiger partial charge in [0.2, 0.25) is 0 Å². The van der Waals surface area contributed by atoms with Crippen LogP contribution in [0.15, 0.2) is 30.5 Å². The van der Waals surface area contributed by atoms with Crippen LogP contribution in [0.1, 0.15) is 47.1 Å². The van der Waals surface area contributed by atoms with E-state index in [0.717, 1.165) is 5.52 Å². The molecule has 22 heavy (non-hydrogen) atoms. The maximum Gasteiger partial charge on any atom is 0.155 e. The van der Waals surface area contributed by atoms with Crippen molar-refractivity contribution >= 4 is 16.7 Å². The summed E-state index contributed by atoms with van der Waals surface area (Å²) < 4.78 is 0.